The van der Waals surface area contributed by atoms with Gasteiger partial charge in [0.2, 0.25) is 0 Å². The Morgan fingerprint density at radius 2 is 0.574 bits per heavy atom. The molecule has 1 aromatic heterocycles. The van der Waals surface area contributed by atoms with Crippen molar-refractivity contribution in [3.05, 3.63) is 457 Å². The lowest BCUT2D eigenvalue weighted by atomic mass is 9.33. The second-order valence-corrected chi connectivity index (χ2v) is 28.7. The molecule has 0 bridgehead atoms. The SMILES string of the molecule is [2H]c1c([2H])c([2H])c2c(c1[2H])c1c([2H])c([2H])c([2H])c([2H])c1n2-c1cc2c3c(c1)N(c1ccccc1-c1ccc4c(c1)-c1ccccc1C4(c1ccccc1)c1ccccc1)c1ccc(-c4ccccc4)cc1B3c1cc(-c3ccccc3)ccc1N2c1ccccc1-c1ccc2c(c1)-c1ccccc1C2(c1ccccc1)c1ccccc1. The number of hydrogen-bond acceptors (Lipinski definition) is 2. The minimum absolute atomic E-state index is 0.00678. The molecule has 2 aliphatic carbocycles. The Morgan fingerprint density at radius 1 is 0.241 bits per heavy atom. The molecule has 0 saturated carbocycles. The van der Waals surface area contributed by atoms with E-state index in [2.05, 4.69) is 362 Å². The normalized spacial score (nSPS) is 14.7. The maximum Gasteiger partial charge on any atom is 0.252 e. The lowest BCUT2D eigenvalue weighted by molar-refractivity contribution is 0.768. The summed E-state index contributed by atoms with van der Waals surface area (Å²) in [7, 11) is 0. The molecular formula is C104H68BN3. The molecule has 0 atom stereocenters. The first-order valence-electron chi connectivity index (χ1n) is 41.0. The topological polar surface area (TPSA) is 11.4 Å². The van der Waals surface area contributed by atoms with Gasteiger partial charge in [-0.1, -0.05) is 352 Å². The number of fused-ring (bicyclic) bond motifs is 13. The molecule has 0 radical (unpaired) electrons. The van der Waals surface area contributed by atoms with Gasteiger partial charge in [-0.15, -0.1) is 0 Å². The van der Waals surface area contributed by atoms with E-state index in [1.165, 1.54) is 44.5 Å². The van der Waals surface area contributed by atoms with E-state index >= 15 is 0 Å². The van der Waals surface area contributed by atoms with Gasteiger partial charge >= 0.3 is 0 Å². The molecule has 2 aliphatic heterocycles. The van der Waals surface area contributed by atoms with Crippen molar-refractivity contribution < 1.29 is 11.0 Å². The zero-order valence-corrected chi connectivity index (χ0v) is 58.6. The van der Waals surface area contributed by atoms with Crippen molar-refractivity contribution in [3.8, 4) is 72.4 Å². The molecule has 0 amide bonds. The molecule has 0 unspecified atom stereocenters. The number of para-hydroxylation sites is 4. The third-order valence-corrected chi connectivity index (χ3v) is 23.4. The Balaban J connectivity index is 0.858. The lowest BCUT2D eigenvalue weighted by Crippen LogP contribution is -2.61. The third kappa shape index (κ3) is 8.98. The van der Waals surface area contributed by atoms with Crippen LogP contribution in [0.15, 0.2) is 412 Å². The fourth-order valence-electron chi connectivity index (χ4n) is 19.0. The number of hydrogen-bond donors (Lipinski definition) is 0. The van der Waals surface area contributed by atoms with Crippen LogP contribution in [0.1, 0.15) is 55.5 Å². The van der Waals surface area contributed by atoms with Crippen LogP contribution in [0.2, 0.25) is 0 Å². The summed E-state index contributed by atoms with van der Waals surface area (Å²) in [5, 5.41) is -0.0136. The molecule has 108 heavy (non-hydrogen) atoms. The van der Waals surface area contributed by atoms with E-state index in [9.17, 15) is 11.0 Å². The summed E-state index contributed by atoms with van der Waals surface area (Å²) in [5.41, 5.74) is 29.1. The molecule has 0 spiro atoms. The first-order chi connectivity index (χ1) is 56.9. The van der Waals surface area contributed by atoms with Gasteiger partial charge < -0.3 is 14.4 Å². The fraction of sp³-hybridized carbons (Fsp3) is 0.0192. The summed E-state index contributed by atoms with van der Waals surface area (Å²) < 4.78 is 78.9. The Labute approximate surface area is 640 Å². The summed E-state index contributed by atoms with van der Waals surface area (Å²) >= 11 is 0. The average Bonchev–Trinajstić information content (AvgIpc) is 1.11. The molecule has 4 aliphatic rings. The van der Waals surface area contributed by atoms with Crippen LogP contribution in [-0.4, -0.2) is 11.3 Å². The average molecular weight is 1380 g/mol. The highest BCUT2D eigenvalue weighted by atomic mass is 15.2. The summed E-state index contributed by atoms with van der Waals surface area (Å²) in [5.74, 6) is 0. The van der Waals surface area contributed by atoms with E-state index in [4.69, 9.17) is 0 Å². The highest BCUT2D eigenvalue weighted by molar-refractivity contribution is 7.00. The van der Waals surface area contributed by atoms with Gasteiger partial charge in [0.1, 0.15) is 0 Å². The zero-order chi connectivity index (χ0) is 78.0. The van der Waals surface area contributed by atoms with Gasteiger partial charge in [-0.05, 0) is 177 Å². The van der Waals surface area contributed by atoms with E-state index in [0.717, 1.165) is 117 Å². The zero-order valence-electron chi connectivity index (χ0n) is 66.6. The van der Waals surface area contributed by atoms with Crippen molar-refractivity contribution >= 4 is 79.0 Å². The Kier molecular flexibility index (Phi) is 12.2. The van der Waals surface area contributed by atoms with Crippen LogP contribution in [0.3, 0.4) is 0 Å². The standard InChI is InChI=1S/C104H68BN3/c1-7-31-69(32-8-1)71-57-61-98-92(65-71)105-93-66-72(70-33-9-2-10-34-70)58-62-99(93)108(95-52-28-22-44-81(95)74-56-60-91-87(64-74)83-46-20-26-50-89(83)104(91,77-39-15-5-16-40-77)78-41-17-6-18-42-78)101-68-79(106-96-53-29-23-47-84(96)85-48-24-30-54-97(85)106)67-100(102(101)105)107(98)94-51-27-21-43-80(94)73-55-59-90-86(63-73)82-45-19-25-49-88(82)103(90,75-35-11-3-12-36-75)76-37-13-4-14-38-76/h1-68H/i23D,24D,29D,30D,47D,48D,53D,54D. The van der Waals surface area contributed by atoms with Crippen molar-refractivity contribution in [2.75, 3.05) is 9.80 Å². The monoisotopic (exact) mass is 1380 g/mol. The summed E-state index contributed by atoms with van der Waals surface area (Å²) in [6, 6.07) is 128. The molecule has 0 fully saturated rings. The van der Waals surface area contributed by atoms with Crippen LogP contribution in [-0.2, 0) is 10.8 Å². The van der Waals surface area contributed by atoms with Crippen LogP contribution in [0.25, 0.3) is 94.3 Å². The largest absolute Gasteiger partial charge is 0.311 e. The van der Waals surface area contributed by atoms with Gasteiger partial charge in [-0.3, -0.25) is 0 Å². The minimum Gasteiger partial charge on any atom is -0.311 e. The van der Waals surface area contributed by atoms with Crippen molar-refractivity contribution in [1.82, 2.24) is 4.57 Å². The quantitative estimate of drug-likeness (QED) is 0.120. The Hall–Kier alpha value is -13.8. The molecule has 3 heterocycles. The van der Waals surface area contributed by atoms with Crippen LogP contribution < -0.4 is 26.2 Å². The van der Waals surface area contributed by atoms with E-state index in [-0.39, 0.29) is 33.9 Å². The molecule has 0 N–H and O–H groups in total. The minimum atomic E-state index is -0.648. The first kappa shape index (κ1) is 53.9. The molecule has 502 valence electrons. The second-order valence-electron chi connectivity index (χ2n) is 28.7. The van der Waals surface area contributed by atoms with Crippen molar-refractivity contribution in [1.29, 1.82) is 0 Å². The molecule has 17 aromatic carbocycles. The van der Waals surface area contributed by atoms with Gasteiger partial charge in [-0.2, -0.15) is 0 Å². The smallest absolute Gasteiger partial charge is 0.252 e. The van der Waals surface area contributed by atoms with Gasteiger partial charge in [0.25, 0.3) is 6.71 Å². The lowest BCUT2D eigenvalue weighted by Gasteiger charge is -2.45. The van der Waals surface area contributed by atoms with E-state index < -0.39 is 53.8 Å². The van der Waals surface area contributed by atoms with Crippen LogP contribution >= 0.6 is 0 Å². The Morgan fingerprint density at radius 3 is 0.981 bits per heavy atom. The predicted octanol–water partition coefficient (Wildman–Crippen LogP) is 24.3. The van der Waals surface area contributed by atoms with Gasteiger partial charge in [0, 0.05) is 44.6 Å². The number of nitrogens with zero attached hydrogens (tertiary/aromatic N) is 3. The maximum atomic E-state index is 10.1. The van der Waals surface area contributed by atoms with Crippen molar-refractivity contribution in [2.24, 2.45) is 0 Å². The van der Waals surface area contributed by atoms with Gasteiger partial charge in [0.05, 0.1) is 49.9 Å². The van der Waals surface area contributed by atoms with E-state index in [0.29, 0.717) is 5.69 Å². The maximum absolute atomic E-state index is 10.1. The fourth-order valence-corrected chi connectivity index (χ4v) is 19.0. The highest BCUT2D eigenvalue weighted by Gasteiger charge is 2.49. The molecule has 4 heteroatoms. The Bertz CT molecular complexity index is 6640. The number of anilines is 6. The molecule has 0 saturated heterocycles. The number of benzene rings is 17. The van der Waals surface area contributed by atoms with Crippen molar-refractivity contribution in [2.45, 2.75) is 10.8 Å². The summed E-state index contributed by atoms with van der Waals surface area (Å²) in [4.78, 5) is 4.77. The van der Waals surface area contributed by atoms with E-state index in [1.807, 2.05) is 12.1 Å². The first-order valence-corrected chi connectivity index (χ1v) is 37.0. The summed E-state index contributed by atoms with van der Waals surface area (Å²) in [6.07, 6.45) is 0. The molecule has 22 rings (SSSR count). The predicted molar refractivity (Wildman–Crippen MR) is 451 cm³/mol. The van der Waals surface area contributed by atoms with Crippen LogP contribution in [0, 0.1) is 0 Å². The molecular weight excluding hydrogens is 1300 g/mol. The number of aromatic nitrogens is 1. The third-order valence-electron chi connectivity index (χ3n) is 23.4. The van der Waals surface area contributed by atoms with Crippen molar-refractivity contribution in [3.63, 3.8) is 0 Å². The van der Waals surface area contributed by atoms with Gasteiger partial charge in [0.15, 0.2) is 0 Å². The number of rotatable bonds is 11. The van der Waals surface area contributed by atoms with Crippen LogP contribution in [0.4, 0.5) is 34.1 Å². The molecule has 18 aromatic rings. The second kappa shape index (κ2) is 24.4. The van der Waals surface area contributed by atoms with Gasteiger partial charge in [-0.25, -0.2) is 0 Å². The summed E-state index contributed by atoms with van der Waals surface area (Å²) in [6.45, 7) is -0.493. The highest BCUT2D eigenvalue weighted by Crippen LogP contribution is 2.60. The molecule has 3 nitrogen and oxygen atoms in total. The van der Waals surface area contributed by atoms with E-state index in [1.54, 1.807) is 4.57 Å². The van der Waals surface area contributed by atoms with Crippen LogP contribution in [0.5, 0.6) is 0 Å².